The number of benzene rings is 8. The molecule has 246 valence electrons. The van der Waals surface area contributed by atoms with Gasteiger partial charge in [0.2, 0.25) is 0 Å². The molecule has 0 bridgehead atoms. The second kappa shape index (κ2) is 11.7. The average molecular weight is 691 g/mol. The molecule has 0 aliphatic rings. The number of rotatable bonds is 4. The third kappa shape index (κ3) is 4.52. The fraction of sp³-hybridized carbons (Fsp3) is 0.0196. The Morgan fingerprint density at radius 2 is 1.06 bits per heavy atom. The molecule has 0 atom stereocenters. The van der Waals surface area contributed by atoms with Gasteiger partial charge in [-0.1, -0.05) is 140 Å². The first kappa shape index (κ1) is 30.0. The third-order valence-corrected chi connectivity index (χ3v) is 11.8. The summed E-state index contributed by atoms with van der Waals surface area (Å²) in [6, 6.07) is 65.9. The SMILES string of the molecule is Cc1ccc(-c2c3ccccc3c(-c3ccc4oc5c(-c6c7c#cccc7c(-c7ccccc7)c7ccccc67)cccc5c4c3)c3ccccc23)s1. The topological polar surface area (TPSA) is 13.1 Å². The molecule has 0 aliphatic carbocycles. The predicted octanol–water partition coefficient (Wildman–Crippen LogP) is 14.8. The standard InChI is InChI=1S/C51H30OS/c1-31-26-29-46(53-31)50-40-22-11-7-18-36(40)48(37-19-8-12-23-41(37)50)33-27-28-45-44(30-33)42-24-13-25-43(51(42)52-45)49-38-20-9-5-16-34(38)47(32-14-3-2-4-15-32)35-17-6-10-21-39(35)49/h2-9,11-20,22-30H,1H3. The lowest BCUT2D eigenvalue weighted by molar-refractivity contribution is 0.670. The number of fused-ring (bicyclic) bond motifs is 7. The smallest absolute Gasteiger partial charge is 0.143 e. The highest BCUT2D eigenvalue weighted by atomic mass is 32.1. The zero-order chi connectivity index (χ0) is 35.0. The van der Waals surface area contributed by atoms with Crippen molar-refractivity contribution in [3.8, 4) is 43.8 Å². The Morgan fingerprint density at radius 1 is 0.453 bits per heavy atom. The maximum Gasteiger partial charge on any atom is 0.143 e. The summed E-state index contributed by atoms with van der Waals surface area (Å²) in [7, 11) is 0. The van der Waals surface area contributed by atoms with Gasteiger partial charge in [0.1, 0.15) is 11.2 Å². The molecule has 1 nitrogen and oxygen atoms in total. The summed E-state index contributed by atoms with van der Waals surface area (Å²) >= 11 is 1.86. The molecular formula is C51H30OS. The molecule has 11 aromatic rings. The van der Waals surface area contributed by atoms with Crippen molar-refractivity contribution in [2.75, 3.05) is 0 Å². The van der Waals surface area contributed by atoms with Crippen molar-refractivity contribution in [3.05, 3.63) is 181 Å². The van der Waals surface area contributed by atoms with Crippen LogP contribution in [0.3, 0.4) is 0 Å². The van der Waals surface area contributed by atoms with Crippen molar-refractivity contribution < 1.29 is 4.42 Å². The Hall–Kier alpha value is -6.66. The van der Waals surface area contributed by atoms with Crippen LogP contribution in [0.25, 0.3) is 109 Å². The lowest BCUT2D eigenvalue weighted by atomic mass is 9.86. The lowest BCUT2D eigenvalue weighted by Gasteiger charge is -2.17. The Labute approximate surface area is 311 Å². The molecule has 2 heterocycles. The van der Waals surface area contributed by atoms with Gasteiger partial charge in [0.05, 0.1) is 0 Å². The van der Waals surface area contributed by atoms with Crippen LogP contribution in [0.1, 0.15) is 4.88 Å². The second-order valence-corrected chi connectivity index (χ2v) is 15.1. The summed E-state index contributed by atoms with van der Waals surface area (Å²) in [4.78, 5) is 2.62. The number of hydrogen-bond donors (Lipinski definition) is 0. The number of para-hydroxylation sites is 1. The van der Waals surface area contributed by atoms with Crippen molar-refractivity contribution >= 4 is 76.4 Å². The van der Waals surface area contributed by atoms with Gasteiger partial charge in [-0.25, -0.2) is 0 Å². The van der Waals surface area contributed by atoms with E-state index in [1.54, 1.807) is 0 Å². The lowest BCUT2D eigenvalue weighted by Crippen LogP contribution is -1.90. The first-order valence-electron chi connectivity index (χ1n) is 18.0. The maximum absolute atomic E-state index is 6.87. The monoisotopic (exact) mass is 690 g/mol. The molecule has 0 saturated carbocycles. The summed E-state index contributed by atoms with van der Waals surface area (Å²) in [5, 5.41) is 11.8. The van der Waals surface area contributed by atoms with Crippen molar-refractivity contribution in [2.24, 2.45) is 0 Å². The van der Waals surface area contributed by atoms with Crippen LogP contribution in [0, 0.1) is 19.1 Å². The maximum atomic E-state index is 6.87. The van der Waals surface area contributed by atoms with Gasteiger partial charge >= 0.3 is 0 Å². The highest BCUT2D eigenvalue weighted by Crippen LogP contribution is 2.48. The van der Waals surface area contributed by atoms with Gasteiger partial charge in [0.15, 0.2) is 0 Å². The molecule has 0 N–H and O–H groups in total. The molecule has 53 heavy (non-hydrogen) atoms. The third-order valence-electron chi connectivity index (χ3n) is 10.8. The van der Waals surface area contributed by atoms with E-state index in [4.69, 9.17) is 4.42 Å². The van der Waals surface area contributed by atoms with Crippen LogP contribution < -0.4 is 0 Å². The van der Waals surface area contributed by atoms with Gasteiger partial charge in [-0.05, 0) is 103 Å². The predicted molar refractivity (Wildman–Crippen MR) is 226 cm³/mol. The Morgan fingerprint density at radius 3 is 1.72 bits per heavy atom. The van der Waals surface area contributed by atoms with Crippen LogP contribution in [-0.2, 0) is 0 Å². The van der Waals surface area contributed by atoms with Gasteiger partial charge in [-0.15, -0.1) is 11.3 Å². The minimum Gasteiger partial charge on any atom is -0.455 e. The van der Waals surface area contributed by atoms with Crippen molar-refractivity contribution in [2.45, 2.75) is 6.92 Å². The largest absolute Gasteiger partial charge is 0.455 e. The highest BCUT2D eigenvalue weighted by Gasteiger charge is 2.22. The van der Waals surface area contributed by atoms with E-state index in [2.05, 4.69) is 177 Å². The van der Waals surface area contributed by atoms with Crippen molar-refractivity contribution in [1.82, 2.24) is 0 Å². The molecule has 0 amide bonds. The van der Waals surface area contributed by atoms with Gasteiger partial charge < -0.3 is 4.42 Å². The Balaban J connectivity index is 1.18. The Kier molecular flexibility index (Phi) is 6.62. The number of hydrogen-bond acceptors (Lipinski definition) is 2. The summed E-state index contributed by atoms with van der Waals surface area (Å²) in [6.45, 7) is 2.18. The molecule has 2 aromatic heterocycles. The first-order chi connectivity index (χ1) is 26.2. The molecular weight excluding hydrogens is 661 g/mol. The van der Waals surface area contributed by atoms with Crippen molar-refractivity contribution in [1.29, 1.82) is 0 Å². The van der Waals surface area contributed by atoms with Gasteiger partial charge in [-0.2, -0.15) is 0 Å². The molecule has 0 fully saturated rings. The van der Waals surface area contributed by atoms with Crippen LogP contribution in [0.5, 0.6) is 0 Å². The molecule has 0 saturated heterocycles. The van der Waals surface area contributed by atoms with E-state index in [-0.39, 0.29) is 0 Å². The van der Waals surface area contributed by atoms with E-state index in [0.717, 1.165) is 43.8 Å². The number of furan rings is 1. The molecule has 0 aliphatic heterocycles. The zero-order valence-electron chi connectivity index (χ0n) is 28.9. The van der Waals surface area contributed by atoms with Crippen molar-refractivity contribution in [3.63, 3.8) is 0 Å². The summed E-state index contributed by atoms with van der Waals surface area (Å²) in [6.07, 6.45) is 0. The number of aryl methyl sites for hydroxylation is 1. The summed E-state index contributed by atoms with van der Waals surface area (Å²) in [5.74, 6) is 0. The van der Waals surface area contributed by atoms with Crippen LogP contribution in [0.4, 0.5) is 0 Å². The molecule has 9 aromatic carbocycles. The summed E-state index contributed by atoms with van der Waals surface area (Å²) in [5.41, 5.74) is 10.1. The van der Waals surface area contributed by atoms with Gasteiger partial charge in [0, 0.05) is 42.6 Å². The van der Waals surface area contributed by atoms with E-state index in [0.29, 0.717) is 0 Å². The van der Waals surface area contributed by atoms with Gasteiger partial charge in [0.25, 0.3) is 0 Å². The molecule has 11 rings (SSSR count). The molecule has 0 unspecified atom stereocenters. The normalized spacial score (nSPS) is 11.7. The Bertz CT molecular complexity index is 3120. The fourth-order valence-corrected chi connectivity index (χ4v) is 9.56. The number of thiophene rings is 1. The van der Waals surface area contributed by atoms with Crippen LogP contribution in [0.15, 0.2) is 168 Å². The molecule has 0 spiro atoms. The highest BCUT2D eigenvalue weighted by molar-refractivity contribution is 7.15. The minimum absolute atomic E-state index is 0.876. The van der Waals surface area contributed by atoms with Crippen LogP contribution >= 0.6 is 11.3 Å². The molecule has 0 radical (unpaired) electrons. The summed E-state index contributed by atoms with van der Waals surface area (Å²) < 4.78 is 6.87. The van der Waals surface area contributed by atoms with E-state index in [9.17, 15) is 0 Å². The zero-order valence-corrected chi connectivity index (χ0v) is 29.7. The van der Waals surface area contributed by atoms with Crippen LogP contribution in [0.2, 0.25) is 0 Å². The quantitative estimate of drug-likeness (QED) is 0.168. The van der Waals surface area contributed by atoms with Crippen LogP contribution in [-0.4, -0.2) is 0 Å². The second-order valence-electron chi connectivity index (χ2n) is 13.8. The molecule has 2 heteroatoms. The van der Waals surface area contributed by atoms with E-state index >= 15 is 0 Å². The van der Waals surface area contributed by atoms with Gasteiger partial charge in [-0.3, -0.25) is 0 Å². The fourth-order valence-electron chi connectivity index (χ4n) is 8.61. The van der Waals surface area contributed by atoms with E-state index in [1.165, 1.54) is 69.9 Å². The van der Waals surface area contributed by atoms with E-state index < -0.39 is 0 Å². The minimum atomic E-state index is 0.876. The van der Waals surface area contributed by atoms with E-state index in [1.807, 2.05) is 17.4 Å². The average Bonchev–Trinajstić information content (AvgIpc) is 3.82. The first-order valence-corrected chi connectivity index (χ1v) is 18.8.